The molecule has 0 fully saturated rings. The normalized spacial score (nSPS) is 7.79. The van der Waals surface area contributed by atoms with Crippen LogP contribution in [0.3, 0.4) is 0 Å². The molecule has 0 radical (unpaired) electrons. The fourth-order valence-electron chi connectivity index (χ4n) is 0.615. The van der Waals surface area contributed by atoms with Crippen molar-refractivity contribution in [1.29, 1.82) is 0 Å². The Morgan fingerprint density at radius 2 is 2.21 bits per heavy atom. The SMILES string of the molecule is CCOC(=O)c1cccnn1.O=C=O. The molecule has 14 heavy (non-hydrogen) atoms. The van der Waals surface area contributed by atoms with Crippen molar-refractivity contribution in [3.8, 4) is 0 Å². The summed E-state index contributed by atoms with van der Waals surface area (Å²) < 4.78 is 4.69. The molecule has 0 aliphatic carbocycles. The Kier molecular flexibility index (Phi) is 6.45. The van der Waals surface area contributed by atoms with Gasteiger partial charge in [0.05, 0.1) is 6.61 Å². The summed E-state index contributed by atoms with van der Waals surface area (Å²) in [4.78, 5) is 27.2. The van der Waals surface area contributed by atoms with Gasteiger partial charge in [0, 0.05) is 6.20 Å². The van der Waals surface area contributed by atoms with E-state index in [9.17, 15) is 4.79 Å². The van der Waals surface area contributed by atoms with Crippen LogP contribution < -0.4 is 0 Å². The Morgan fingerprint density at radius 1 is 1.57 bits per heavy atom. The molecule has 0 saturated carbocycles. The zero-order valence-electron chi connectivity index (χ0n) is 7.47. The summed E-state index contributed by atoms with van der Waals surface area (Å²) >= 11 is 0. The van der Waals surface area contributed by atoms with Crippen LogP contribution in [0.15, 0.2) is 18.3 Å². The molecule has 0 aliphatic heterocycles. The van der Waals surface area contributed by atoms with Gasteiger partial charge in [-0.15, -0.1) is 5.10 Å². The maximum absolute atomic E-state index is 10.9. The largest absolute Gasteiger partial charge is 0.461 e. The minimum Gasteiger partial charge on any atom is -0.461 e. The highest BCUT2D eigenvalue weighted by Crippen LogP contribution is 1.93. The first-order valence-corrected chi connectivity index (χ1v) is 3.70. The van der Waals surface area contributed by atoms with Gasteiger partial charge in [-0.25, -0.2) is 4.79 Å². The third-order valence-electron chi connectivity index (χ3n) is 1.06. The van der Waals surface area contributed by atoms with Crippen LogP contribution in [0.2, 0.25) is 0 Å². The summed E-state index contributed by atoms with van der Waals surface area (Å²) in [6, 6.07) is 3.20. The molecule has 0 spiro atoms. The zero-order chi connectivity index (χ0) is 10.8. The van der Waals surface area contributed by atoms with Crippen LogP contribution in [0.5, 0.6) is 0 Å². The smallest absolute Gasteiger partial charge is 0.373 e. The third-order valence-corrected chi connectivity index (χ3v) is 1.06. The fourth-order valence-corrected chi connectivity index (χ4v) is 0.615. The van der Waals surface area contributed by atoms with Gasteiger partial charge >= 0.3 is 12.1 Å². The molecular weight excluding hydrogens is 188 g/mol. The molecule has 0 aromatic carbocycles. The molecule has 6 heteroatoms. The van der Waals surface area contributed by atoms with E-state index in [2.05, 4.69) is 14.9 Å². The molecule has 1 heterocycles. The van der Waals surface area contributed by atoms with Crippen molar-refractivity contribution in [2.75, 3.05) is 6.61 Å². The van der Waals surface area contributed by atoms with Crippen molar-refractivity contribution in [1.82, 2.24) is 10.2 Å². The molecule has 0 N–H and O–H groups in total. The highest BCUT2D eigenvalue weighted by atomic mass is 16.5. The molecule has 1 aromatic rings. The molecule has 0 bridgehead atoms. The second-order valence-corrected chi connectivity index (χ2v) is 1.91. The minimum absolute atomic E-state index is 0.245. The number of aromatic nitrogens is 2. The van der Waals surface area contributed by atoms with E-state index in [0.29, 0.717) is 6.61 Å². The Labute approximate surface area is 79.9 Å². The predicted molar refractivity (Wildman–Crippen MR) is 43.0 cm³/mol. The average molecular weight is 196 g/mol. The topological polar surface area (TPSA) is 86.2 Å². The molecule has 0 aliphatic rings. The van der Waals surface area contributed by atoms with Crippen molar-refractivity contribution in [2.45, 2.75) is 6.92 Å². The van der Waals surface area contributed by atoms with Crippen LogP contribution in [0.1, 0.15) is 17.4 Å². The number of esters is 1. The van der Waals surface area contributed by atoms with Gasteiger partial charge in [-0.2, -0.15) is 14.7 Å². The molecule has 74 valence electrons. The number of carbonyl (C=O) groups excluding carboxylic acids is 3. The predicted octanol–water partition coefficient (Wildman–Crippen LogP) is 0.0698. The van der Waals surface area contributed by atoms with Crippen molar-refractivity contribution in [3.05, 3.63) is 24.0 Å². The summed E-state index contributed by atoms with van der Waals surface area (Å²) in [5, 5.41) is 7.11. The average Bonchev–Trinajstić information content (AvgIpc) is 2.21. The quantitative estimate of drug-likeness (QED) is 0.622. The van der Waals surface area contributed by atoms with E-state index >= 15 is 0 Å². The van der Waals surface area contributed by atoms with Crippen LogP contribution in [0, 0.1) is 0 Å². The van der Waals surface area contributed by atoms with E-state index in [1.807, 2.05) is 0 Å². The Morgan fingerprint density at radius 3 is 2.64 bits per heavy atom. The van der Waals surface area contributed by atoms with Crippen molar-refractivity contribution in [2.24, 2.45) is 0 Å². The number of hydrogen-bond donors (Lipinski definition) is 0. The number of ether oxygens (including phenoxy) is 1. The summed E-state index contributed by atoms with van der Waals surface area (Å²) in [7, 11) is 0. The number of rotatable bonds is 2. The number of carbonyl (C=O) groups is 1. The van der Waals surface area contributed by atoms with E-state index in [1.54, 1.807) is 19.1 Å². The highest BCUT2D eigenvalue weighted by Gasteiger charge is 2.05. The Hall–Kier alpha value is -2.07. The van der Waals surface area contributed by atoms with Crippen molar-refractivity contribution in [3.63, 3.8) is 0 Å². The van der Waals surface area contributed by atoms with Gasteiger partial charge in [0.1, 0.15) is 0 Å². The monoisotopic (exact) mass is 196 g/mol. The van der Waals surface area contributed by atoms with Gasteiger partial charge in [0.25, 0.3) is 0 Å². The van der Waals surface area contributed by atoms with E-state index in [0.717, 1.165) is 0 Å². The second-order valence-electron chi connectivity index (χ2n) is 1.91. The summed E-state index contributed by atoms with van der Waals surface area (Å²) in [5.41, 5.74) is 0.245. The summed E-state index contributed by atoms with van der Waals surface area (Å²) in [6.07, 6.45) is 1.75. The zero-order valence-corrected chi connectivity index (χ0v) is 7.47. The van der Waals surface area contributed by atoms with Crippen LogP contribution in [0.25, 0.3) is 0 Å². The lowest BCUT2D eigenvalue weighted by Gasteiger charge is -1.97. The lowest BCUT2D eigenvalue weighted by atomic mass is 10.4. The lowest BCUT2D eigenvalue weighted by Crippen LogP contribution is -2.07. The third kappa shape index (κ3) is 4.74. The standard InChI is InChI=1S/C7H8N2O2.CO2/c1-2-11-7(10)6-4-3-5-8-9-6;2-1-3/h3-5H,2H2,1H3;. The molecule has 1 aromatic heterocycles. The van der Waals surface area contributed by atoms with Crippen LogP contribution in [-0.2, 0) is 14.3 Å². The molecule has 6 nitrogen and oxygen atoms in total. The number of hydrogen-bond acceptors (Lipinski definition) is 6. The first-order valence-electron chi connectivity index (χ1n) is 3.70. The molecule has 0 amide bonds. The van der Waals surface area contributed by atoms with E-state index < -0.39 is 5.97 Å². The Bertz CT molecular complexity index is 306. The fraction of sp³-hybridized carbons (Fsp3) is 0.250. The molecular formula is C8H8N2O4. The molecule has 0 atom stereocenters. The lowest BCUT2D eigenvalue weighted by molar-refractivity contribution is -0.191. The Balaban J connectivity index is 0.000000500. The van der Waals surface area contributed by atoms with Gasteiger partial charge in [0.15, 0.2) is 5.69 Å². The van der Waals surface area contributed by atoms with Gasteiger partial charge in [-0.3, -0.25) is 0 Å². The molecule has 0 unspecified atom stereocenters. The summed E-state index contributed by atoms with van der Waals surface area (Å²) in [5.74, 6) is -0.430. The minimum atomic E-state index is -0.430. The van der Waals surface area contributed by atoms with Crippen LogP contribution >= 0.6 is 0 Å². The van der Waals surface area contributed by atoms with Crippen LogP contribution in [0.4, 0.5) is 0 Å². The molecule has 1 rings (SSSR count). The van der Waals surface area contributed by atoms with Crippen molar-refractivity contribution >= 4 is 12.1 Å². The van der Waals surface area contributed by atoms with Gasteiger partial charge < -0.3 is 4.74 Å². The van der Waals surface area contributed by atoms with Gasteiger partial charge in [-0.1, -0.05) is 0 Å². The highest BCUT2D eigenvalue weighted by molar-refractivity contribution is 5.86. The van der Waals surface area contributed by atoms with Gasteiger partial charge in [-0.05, 0) is 19.1 Å². The first kappa shape index (κ1) is 11.9. The first-order chi connectivity index (χ1) is 6.76. The molecule has 0 saturated heterocycles. The maximum Gasteiger partial charge on any atom is 0.373 e. The number of nitrogens with zero attached hydrogens (tertiary/aromatic N) is 2. The van der Waals surface area contributed by atoms with E-state index in [1.165, 1.54) is 6.20 Å². The van der Waals surface area contributed by atoms with Crippen LogP contribution in [-0.4, -0.2) is 28.9 Å². The van der Waals surface area contributed by atoms with E-state index in [4.69, 9.17) is 9.59 Å². The van der Waals surface area contributed by atoms with Gasteiger partial charge in [0.2, 0.25) is 0 Å². The maximum atomic E-state index is 10.9. The van der Waals surface area contributed by atoms with Crippen molar-refractivity contribution < 1.29 is 19.1 Å². The summed E-state index contributed by atoms with van der Waals surface area (Å²) in [6.45, 7) is 2.10. The second kappa shape index (κ2) is 7.57. The van der Waals surface area contributed by atoms with E-state index in [-0.39, 0.29) is 11.8 Å².